The summed E-state index contributed by atoms with van der Waals surface area (Å²) in [5.74, 6) is -0.921. The number of sulfonamides is 1. The number of nitrogens with zero attached hydrogens (tertiary/aromatic N) is 1. The summed E-state index contributed by atoms with van der Waals surface area (Å²) in [4.78, 5) is 27.0. The van der Waals surface area contributed by atoms with Gasteiger partial charge in [0.2, 0.25) is 10.0 Å². The third-order valence-corrected chi connectivity index (χ3v) is 5.27. The zero-order valence-corrected chi connectivity index (χ0v) is 16.5. The molecule has 0 spiro atoms. The Hall–Kier alpha value is -2.79. The number of carbonyl (C=O) groups is 2. The maximum absolute atomic E-state index is 13.0. The smallest absolute Gasteiger partial charge is 0.254 e. The van der Waals surface area contributed by atoms with Gasteiger partial charge in [0, 0.05) is 7.11 Å². The van der Waals surface area contributed by atoms with Crippen molar-refractivity contribution < 1.29 is 27.5 Å². The van der Waals surface area contributed by atoms with E-state index in [4.69, 9.17) is 14.6 Å². The average molecular weight is 419 g/mol. The molecule has 0 radical (unpaired) electrons. The molecule has 29 heavy (non-hydrogen) atoms. The van der Waals surface area contributed by atoms with E-state index in [1.165, 1.54) is 30.2 Å². The lowest BCUT2D eigenvalue weighted by atomic mass is 10.00. The molecule has 2 aromatic carbocycles. The molecule has 0 saturated carbocycles. The van der Waals surface area contributed by atoms with Crippen LogP contribution < -0.4 is 15.4 Å². The largest absolute Gasteiger partial charge is 0.382 e. The first-order valence-electron chi connectivity index (χ1n) is 8.74. The lowest BCUT2D eigenvalue weighted by Crippen LogP contribution is -2.46. The highest BCUT2D eigenvalue weighted by Gasteiger charge is 2.38. The second-order valence-corrected chi connectivity index (χ2v) is 7.90. The zero-order valence-electron chi connectivity index (χ0n) is 15.7. The van der Waals surface area contributed by atoms with Gasteiger partial charge < -0.3 is 14.8 Å². The monoisotopic (exact) mass is 419 g/mol. The number of hydrogen-bond donors (Lipinski definition) is 2. The van der Waals surface area contributed by atoms with Crippen molar-refractivity contribution >= 4 is 33.2 Å². The van der Waals surface area contributed by atoms with Crippen LogP contribution in [0.5, 0.6) is 0 Å². The Morgan fingerprint density at radius 2 is 1.90 bits per heavy atom. The third-order valence-electron chi connectivity index (χ3n) is 4.36. The summed E-state index contributed by atoms with van der Waals surface area (Å²) in [6.07, 6.45) is 0. The molecule has 1 aliphatic heterocycles. The molecule has 2 amide bonds. The van der Waals surface area contributed by atoms with E-state index in [1.807, 2.05) is 0 Å². The number of rotatable bonds is 7. The van der Waals surface area contributed by atoms with Crippen LogP contribution in [0.1, 0.15) is 11.6 Å². The Labute approximate surface area is 168 Å². The molecule has 1 aliphatic rings. The molecule has 10 heteroatoms. The van der Waals surface area contributed by atoms with Gasteiger partial charge in [0.1, 0.15) is 12.6 Å². The third kappa shape index (κ3) is 4.62. The molecule has 2 aromatic rings. The van der Waals surface area contributed by atoms with Crippen LogP contribution in [0.15, 0.2) is 53.4 Å². The Morgan fingerprint density at radius 1 is 1.17 bits per heavy atom. The minimum Gasteiger partial charge on any atom is -0.382 e. The van der Waals surface area contributed by atoms with Crippen LogP contribution in [0.3, 0.4) is 0 Å². The standard InChI is InChI=1S/C19H21N3O6S/c1-27-9-10-28-12-17(23)22-16-8-7-14(29(20,25)26)11-15(16)21-19(24)18(22)13-5-3-2-4-6-13/h2-8,11,18H,9-10,12H2,1H3,(H,21,24)(H2,20,25,26). The van der Waals surface area contributed by atoms with E-state index in [0.717, 1.165) is 0 Å². The van der Waals surface area contributed by atoms with E-state index in [2.05, 4.69) is 5.32 Å². The first-order chi connectivity index (χ1) is 13.8. The van der Waals surface area contributed by atoms with Gasteiger partial charge in [-0.3, -0.25) is 14.5 Å². The van der Waals surface area contributed by atoms with Gasteiger partial charge in [-0.05, 0) is 23.8 Å². The van der Waals surface area contributed by atoms with Crippen molar-refractivity contribution in [2.75, 3.05) is 37.1 Å². The van der Waals surface area contributed by atoms with Crippen molar-refractivity contribution in [3.8, 4) is 0 Å². The molecule has 0 fully saturated rings. The summed E-state index contributed by atoms with van der Waals surface area (Å²) in [5, 5.41) is 7.85. The molecule has 154 valence electrons. The number of carbonyl (C=O) groups excluding carboxylic acids is 2. The molecule has 0 saturated heterocycles. The summed E-state index contributed by atoms with van der Waals surface area (Å²) in [5.41, 5.74) is 1.14. The van der Waals surface area contributed by atoms with Crippen molar-refractivity contribution in [1.29, 1.82) is 0 Å². The summed E-state index contributed by atoms with van der Waals surface area (Å²) in [7, 11) is -2.45. The van der Waals surface area contributed by atoms with Crippen LogP contribution in [-0.4, -0.2) is 47.2 Å². The zero-order chi connectivity index (χ0) is 21.0. The Bertz CT molecular complexity index is 1010. The van der Waals surface area contributed by atoms with Crippen LogP contribution >= 0.6 is 0 Å². The summed E-state index contributed by atoms with van der Waals surface area (Å²) in [6.45, 7) is 0.274. The van der Waals surface area contributed by atoms with E-state index in [9.17, 15) is 18.0 Å². The maximum Gasteiger partial charge on any atom is 0.254 e. The molecule has 1 heterocycles. The van der Waals surface area contributed by atoms with Gasteiger partial charge in [0.25, 0.3) is 11.8 Å². The first-order valence-corrected chi connectivity index (χ1v) is 10.3. The highest BCUT2D eigenvalue weighted by molar-refractivity contribution is 7.89. The SMILES string of the molecule is COCCOCC(=O)N1c2ccc(S(N)(=O)=O)cc2NC(=O)C1c1ccccc1. The summed E-state index contributed by atoms with van der Waals surface area (Å²) in [6, 6.07) is 11.8. The van der Waals surface area contributed by atoms with Crippen molar-refractivity contribution in [1.82, 2.24) is 0 Å². The van der Waals surface area contributed by atoms with E-state index >= 15 is 0 Å². The van der Waals surface area contributed by atoms with E-state index in [1.54, 1.807) is 30.3 Å². The number of methoxy groups -OCH3 is 1. The number of nitrogens with two attached hydrogens (primary N) is 1. The molecular weight excluding hydrogens is 398 g/mol. The van der Waals surface area contributed by atoms with Gasteiger partial charge >= 0.3 is 0 Å². The van der Waals surface area contributed by atoms with Crippen molar-refractivity contribution in [3.05, 3.63) is 54.1 Å². The van der Waals surface area contributed by atoms with Gasteiger partial charge in [-0.1, -0.05) is 30.3 Å². The van der Waals surface area contributed by atoms with Crippen LogP contribution in [0, 0.1) is 0 Å². The fourth-order valence-electron chi connectivity index (χ4n) is 3.05. The molecule has 1 unspecified atom stereocenters. The van der Waals surface area contributed by atoms with Gasteiger partial charge in [-0.25, -0.2) is 13.6 Å². The van der Waals surface area contributed by atoms with Gasteiger partial charge in [-0.2, -0.15) is 0 Å². The predicted octanol–water partition coefficient (Wildman–Crippen LogP) is 1.02. The Kier molecular flexibility index (Phi) is 6.28. The number of anilines is 2. The molecule has 0 aliphatic carbocycles. The lowest BCUT2D eigenvalue weighted by Gasteiger charge is -2.36. The van der Waals surface area contributed by atoms with Crippen LogP contribution in [0.25, 0.3) is 0 Å². The second-order valence-electron chi connectivity index (χ2n) is 6.34. The van der Waals surface area contributed by atoms with Gasteiger partial charge in [0.05, 0.1) is 29.5 Å². The molecule has 3 N–H and O–H groups in total. The van der Waals surface area contributed by atoms with Crippen molar-refractivity contribution in [3.63, 3.8) is 0 Å². The second kappa shape index (κ2) is 8.70. The summed E-state index contributed by atoms with van der Waals surface area (Å²) < 4.78 is 33.5. The number of benzene rings is 2. The topological polar surface area (TPSA) is 128 Å². The summed E-state index contributed by atoms with van der Waals surface area (Å²) >= 11 is 0. The lowest BCUT2D eigenvalue weighted by molar-refractivity contribution is -0.127. The minimum absolute atomic E-state index is 0.168. The van der Waals surface area contributed by atoms with E-state index in [-0.39, 0.29) is 23.8 Å². The Balaban J connectivity index is 2.02. The molecule has 0 bridgehead atoms. The average Bonchev–Trinajstić information content (AvgIpc) is 2.69. The molecular formula is C19H21N3O6S. The fourth-order valence-corrected chi connectivity index (χ4v) is 3.58. The highest BCUT2D eigenvalue weighted by atomic mass is 32.2. The van der Waals surface area contributed by atoms with Gasteiger partial charge in [-0.15, -0.1) is 0 Å². The van der Waals surface area contributed by atoms with E-state index < -0.39 is 27.9 Å². The number of amides is 2. The van der Waals surface area contributed by atoms with Crippen molar-refractivity contribution in [2.45, 2.75) is 10.9 Å². The Morgan fingerprint density at radius 3 is 2.55 bits per heavy atom. The number of ether oxygens (including phenoxy) is 2. The number of fused-ring (bicyclic) bond motifs is 1. The van der Waals surface area contributed by atoms with E-state index in [0.29, 0.717) is 17.9 Å². The quantitative estimate of drug-likeness (QED) is 0.645. The van der Waals surface area contributed by atoms with Crippen LogP contribution in [0.4, 0.5) is 11.4 Å². The van der Waals surface area contributed by atoms with Gasteiger partial charge in [0.15, 0.2) is 0 Å². The number of nitrogens with one attached hydrogen (secondary N) is 1. The molecule has 9 nitrogen and oxygen atoms in total. The normalized spacial score (nSPS) is 16.3. The van der Waals surface area contributed by atoms with Crippen LogP contribution in [0.2, 0.25) is 0 Å². The van der Waals surface area contributed by atoms with Crippen LogP contribution in [-0.2, 0) is 29.1 Å². The minimum atomic E-state index is -3.97. The number of primary sulfonamides is 1. The highest BCUT2D eigenvalue weighted by Crippen LogP contribution is 2.39. The fraction of sp³-hybridized carbons (Fsp3) is 0.263. The molecule has 3 rings (SSSR count). The predicted molar refractivity (Wildman–Crippen MR) is 106 cm³/mol. The maximum atomic E-state index is 13.0. The number of hydrogen-bond acceptors (Lipinski definition) is 6. The first kappa shape index (κ1) is 20.9. The molecule has 1 atom stereocenters. The van der Waals surface area contributed by atoms with Crippen molar-refractivity contribution in [2.24, 2.45) is 5.14 Å². The molecule has 0 aromatic heterocycles.